The van der Waals surface area contributed by atoms with E-state index < -0.39 is 0 Å². The summed E-state index contributed by atoms with van der Waals surface area (Å²) < 4.78 is 10.9. The van der Waals surface area contributed by atoms with Gasteiger partial charge in [-0.15, -0.1) is 0 Å². The van der Waals surface area contributed by atoms with Crippen LogP contribution in [-0.2, 0) is 13.0 Å². The lowest BCUT2D eigenvalue weighted by molar-refractivity contribution is 0.411. The van der Waals surface area contributed by atoms with Crippen LogP contribution in [0, 0.1) is 6.92 Å². The highest BCUT2D eigenvalue weighted by Gasteiger charge is 2.22. The van der Waals surface area contributed by atoms with Gasteiger partial charge >= 0.3 is 0 Å². The Morgan fingerprint density at radius 1 is 1.07 bits per heavy atom. The van der Waals surface area contributed by atoms with Crippen LogP contribution in [-0.4, -0.2) is 26.8 Å². The van der Waals surface area contributed by atoms with Crippen LogP contribution in [0.25, 0.3) is 34.3 Å². The van der Waals surface area contributed by atoms with E-state index in [9.17, 15) is 0 Å². The van der Waals surface area contributed by atoms with Gasteiger partial charge in [-0.3, -0.25) is 4.98 Å². The highest BCUT2D eigenvalue weighted by molar-refractivity contribution is 5.67. The van der Waals surface area contributed by atoms with Crippen molar-refractivity contribution in [2.45, 2.75) is 19.9 Å². The van der Waals surface area contributed by atoms with Crippen LogP contribution in [0.3, 0.4) is 0 Å². The quantitative estimate of drug-likeness (QED) is 0.599. The lowest BCUT2D eigenvalue weighted by Gasteiger charge is -2.19. The molecule has 1 N–H and O–H groups in total. The molecule has 1 aromatic carbocycles. The Labute approximate surface area is 155 Å². The fourth-order valence-electron chi connectivity index (χ4n) is 3.41. The first-order chi connectivity index (χ1) is 13.3. The lowest BCUT2D eigenvalue weighted by Crippen LogP contribution is -2.24. The molecule has 5 rings (SSSR count). The van der Waals surface area contributed by atoms with Crippen molar-refractivity contribution in [1.29, 1.82) is 0 Å². The zero-order valence-corrected chi connectivity index (χ0v) is 14.8. The molecule has 0 atom stereocenters. The van der Waals surface area contributed by atoms with Crippen LogP contribution >= 0.6 is 0 Å². The number of nitrogens with zero attached hydrogens (tertiary/aromatic N) is 4. The Bertz CT molecular complexity index is 1100. The number of aryl methyl sites for hydroxylation is 1. The Morgan fingerprint density at radius 2 is 1.96 bits per heavy atom. The maximum absolute atomic E-state index is 5.47. The van der Waals surface area contributed by atoms with E-state index in [1.807, 2.05) is 49.5 Å². The average Bonchev–Trinajstić information content (AvgIpc) is 3.38. The van der Waals surface area contributed by atoms with Crippen LogP contribution in [0.2, 0.25) is 0 Å². The van der Waals surface area contributed by atoms with Crippen molar-refractivity contribution >= 4 is 0 Å². The summed E-state index contributed by atoms with van der Waals surface area (Å²) in [6.45, 7) is 3.71. The average molecular weight is 359 g/mol. The molecule has 0 spiro atoms. The lowest BCUT2D eigenvalue weighted by atomic mass is 9.95. The summed E-state index contributed by atoms with van der Waals surface area (Å²) in [7, 11) is 0. The topological polar surface area (TPSA) is 89.9 Å². The maximum atomic E-state index is 5.47. The zero-order chi connectivity index (χ0) is 18.2. The van der Waals surface area contributed by atoms with Gasteiger partial charge < -0.3 is 14.4 Å². The van der Waals surface area contributed by atoms with Gasteiger partial charge in [0.2, 0.25) is 5.82 Å². The number of hydrogen-bond donors (Lipinski definition) is 1. The van der Waals surface area contributed by atoms with Gasteiger partial charge in [0.05, 0.1) is 0 Å². The van der Waals surface area contributed by atoms with E-state index in [1.54, 1.807) is 0 Å². The molecule has 1 aliphatic rings. The molecule has 134 valence electrons. The van der Waals surface area contributed by atoms with Gasteiger partial charge in [-0.1, -0.05) is 40.6 Å². The van der Waals surface area contributed by atoms with E-state index in [1.165, 1.54) is 11.1 Å². The molecule has 0 fully saturated rings. The summed E-state index contributed by atoms with van der Waals surface area (Å²) in [5.41, 5.74) is 5.73. The molecule has 4 aromatic rings. The van der Waals surface area contributed by atoms with E-state index >= 15 is 0 Å². The third-order valence-electron chi connectivity index (χ3n) is 4.77. The van der Waals surface area contributed by atoms with Crippen molar-refractivity contribution in [3.8, 4) is 34.3 Å². The van der Waals surface area contributed by atoms with Crippen molar-refractivity contribution in [1.82, 2.24) is 25.6 Å². The molecular formula is C20H17N5O2. The van der Waals surface area contributed by atoms with Gasteiger partial charge in [0.25, 0.3) is 5.89 Å². The van der Waals surface area contributed by atoms with Gasteiger partial charge in [0, 0.05) is 35.6 Å². The zero-order valence-electron chi connectivity index (χ0n) is 14.8. The van der Waals surface area contributed by atoms with Crippen LogP contribution in [0.4, 0.5) is 0 Å². The highest BCUT2D eigenvalue weighted by atomic mass is 16.5. The minimum Gasteiger partial charge on any atom is -0.355 e. The number of hydrogen-bond acceptors (Lipinski definition) is 7. The molecule has 0 saturated carbocycles. The van der Waals surface area contributed by atoms with Crippen molar-refractivity contribution in [2.24, 2.45) is 0 Å². The minimum atomic E-state index is 0.335. The second kappa shape index (κ2) is 6.44. The largest absolute Gasteiger partial charge is 0.355 e. The molecule has 7 nitrogen and oxygen atoms in total. The summed E-state index contributed by atoms with van der Waals surface area (Å²) in [4.78, 5) is 9.06. The predicted octanol–water partition coefficient (Wildman–Crippen LogP) is 3.41. The van der Waals surface area contributed by atoms with Crippen molar-refractivity contribution in [3.63, 3.8) is 0 Å². The first kappa shape index (κ1) is 15.9. The fourth-order valence-corrected chi connectivity index (χ4v) is 3.41. The molecule has 0 radical (unpaired) electrons. The summed E-state index contributed by atoms with van der Waals surface area (Å²) in [6, 6.07) is 11.6. The normalized spacial score (nSPS) is 13.5. The molecule has 7 heteroatoms. The second-order valence-electron chi connectivity index (χ2n) is 6.51. The minimum absolute atomic E-state index is 0.335. The smallest absolute Gasteiger partial charge is 0.280 e. The Balaban J connectivity index is 1.52. The van der Waals surface area contributed by atoms with Gasteiger partial charge in [-0.25, -0.2) is 0 Å². The highest BCUT2D eigenvalue weighted by Crippen LogP contribution is 2.31. The molecule has 1 aliphatic heterocycles. The number of nitrogens with one attached hydrogen (secondary N) is 1. The van der Waals surface area contributed by atoms with Gasteiger partial charge in [0.1, 0.15) is 0 Å². The van der Waals surface area contributed by atoms with E-state index in [2.05, 4.69) is 25.6 Å². The van der Waals surface area contributed by atoms with Crippen LogP contribution in [0.1, 0.15) is 16.8 Å². The Kier molecular flexibility index (Phi) is 3.79. The van der Waals surface area contributed by atoms with Crippen molar-refractivity contribution in [2.75, 3.05) is 6.54 Å². The van der Waals surface area contributed by atoms with Gasteiger partial charge in [-0.05, 0) is 31.0 Å². The second-order valence-corrected chi connectivity index (χ2v) is 6.51. The molecular weight excluding hydrogens is 342 g/mol. The standard InChI is InChI=1S/C20H17N5O2/c1-12-18(15-7-8-21-10-14(15)11-22-12)19-23-20(27-25-19)16-9-17(26-24-16)13-5-3-2-4-6-13/h2-6,9,11,21H,7-8,10H2,1H3. The predicted molar refractivity (Wildman–Crippen MR) is 98.6 cm³/mol. The third-order valence-corrected chi connectivity index (χ3v) is 4.77. The first-order valence-corrected chi connectivity index (χ1v) is 8.84. The third kappa shape index (κ3) is 2.82. The Morgan fingerprint density at radius 3 is 2.85 bits per heavy atom. The molecule has 0 amide bonds. The number of benzene rings is 1. The van der Waals surface area contributed by atoms with E-state index in [4.69, 9.17) is 9.05 Å². The molecule has 4 heterocycles. The van der Waals surface area contributed by atoms with Crippen LogP contribution in [0.15, 0.2) is 51.6 Å². The van der Waals surface area contributed by atoms with Crippen molar-refractivity contribution in [3.05, 3.63) is 59.4 Å². The molecule has 0 unspecified atom stereocenters. The maximum Gasteiger partial charge on any atom is 0.280 e. The van der Waals surface area contributed by atoms with Crippen molar-refractivity contribution < 1.29 is 9.05 Å². The van der Waals surface area contributed by atoms with E-state index in [-0.39, 0.29) is 0 Å². The number of rotatable bonds is 3. The van der Waals surface area contributed by atoms with Crippen LogP contribution < -0.4 is 5.32 Å². The number of pyridine rings is 1. The fraction of sp³-hybridized carbons (Fsp3) is 0.200. The number of fused-ring (bicyclic) bond motifs is 1. The number of aromatic nitrogens is 4. The molecule has 3 aromatic heterocycles. The van der Waals surface area contributed by atoms with Gasteiger partial charge in [-0.2, -0.15) is 4.98 Å². The summed E-state index contributed by atoms with van der Waals surface area (Å²) in [5.74, 6) is 1.53. The molecule has 0 bridgehead atoms. The first-order valence-electron chi connectivity index (χ1n) is 8.84. The molecule has 27 heavy (non-hydrogen) atoms. The Hall–Kier alpha value is -3.32. The monoisotopic (exact) mass is 359 g/mol. The molecule has 0 saturated heterocycles. The SMILES string of the molecule is Cc1ncc2c(c1-c1noc(-c3cc(-c4ccccc4)on3)n1)CCNC2. The van der Waals surface area contributed by atoms with Crippen LogP contribution in [0.5, 0.6) is 0 Å². The molecule has 0 aliphatic carbocycles. The van der Waals surface area contributed by atoms with Gasteiger partial charge in [0.15, 0.2) is 11.5 Å². The van der Waals surface area contributed by atoms with E-state index in [0.717, 1.165) is 36.3 Å². The van der Waals surface area contributed by atoms with E-state index in [0.29, 0.717) is 23.2 Å². The summed E-state index contributed by atoms with van der Waals surface area (Å²) >= 11 is 0. The summed E-state index contributed by atoms with van der Waals surface area (Å²) in [6.07, 6.45) is 2.84. The summed E-state index contributed by atoms with van der Waals surface area (Å²) in [5, 5.41) is 11.6.